The molecular weight excluding hydrogens is 358 g/mol. The molecule has 1 aromatic heterocycles. The van der Waals surface area contributed by atoms with Gasteiger partial charge in [-0.05, 0) is 44.9 Å². The van der Waals surface area contributed by atoms with E-state index in [-0.39, 0.29) is 30.4 Å². The van der Waals surface area contributed by atoms with Crippen LogP contribution in [0, 0.1) is 0 Å². The van der Waals surface area contributed by atoms with Crippen molar-refractivity contribution in [2.24, 2.45) is 0 Å². The van der Waals surface area contributed by atoms with Crippen molar-refractivity contribution in [3.63, 3.8) is 0 Å². The number of amides is 1. The molecule has 0 bridgehead atoms. The van der Waals surface area contributed by atoms with Gasteiger partial charge in [0.25, 0.3) is 0 Å². The van der Waals surface area contributed by atoms with E-state index in [1.807, 2.05) is 13.0 Å². The van der Waals surface area contributed by atoms with E-state index in [9.17, 15) is 13.2 Å². The molecule has 2 rings (SSSR count). The van der Waals surface area contributed by atoms with Crippen LogP contribution in [-0.2, 0) is 21.2 Å². The van der Waals surface area contributed by atoms with E-state index < -0.39 is 10.0 Å². The highest BCUT2D eigenvalue weighted by Crippen LogP contribution is 2.23. The predicted molar refractivity (Wildman–Crippen MR) is 94.8 cm³/mol. The number of piperidine rings is 1. The maximum Gasteiger partial charge on any atom is 0.250 e. The topological polar surface area (TPSA) is 87.3 Å². The van der Waals surface area contributed by atoms with Crippen molar-refractivity contribution in [1.82, 2.24) is 15.4 Å². The first-order valence-electron chi connectivity index (χ1n) is 7.47. The number of rotatable bonds is 6. The molecule has 0 spiro atoms. The third-order valence-electron chi connectivity index (χ3n) is 3.72. The van der Waals surface area contributed by atoms with Crippen LogP contribution in [0.2, 0.25) is 0 Å². The van der Waals surface area contributed by atoms with Gasteiger partial charge in [0.2, 0.25) is 15.9 Å². The predicted octanol–water partition coefficient (Wildman–Crippen LogP) is 1.27. The summed E-state index contributed by atoms with van der Waals surface area (Å²) in [6, 6.07) is 3.52. The SMILES string of the molecule is CC(=O)NCCc1ccc(S(=O)(=O)NC2CCCNC2C)s1.Cl. The van der Waals surface area contributed by atoms with Gasteiger partial charge >= 0.3 is 0 Å². The normalized spacial score (nSPS) is 21.5. The van der Waals surface area contributed by atoms with Gasteiger partial charge in [-0.15, -0.1) is 23.7 Å². The van der Waals surface area contributed by atoms with Crippen LogP contribution in [0.5, 0.6) is 0 Å². The van der Waals surface area contributed by atoms with Gasteiger partial charge in [0.1, 0.15) is 4.21 Å². The Hall–Kier alpha value is -0.670. The minimum Gasteiger partial charge on any atom is -0.356 e. The fourth-order valence-electron chi connectivity index (χ4n) is 2.46. The number of nitrogens with one attached hydrogen (secondary N) is 3. The molecule has 23 heavy (non-hydrogen) atoms. The number of hydrogen-bond acceptors (Lipinski definition) is 5. The van der Waals surface area contributed by atoms with E-state index in [0.29, 0.717) is 17.2 Å². The minimum absolute atomic E-state index is 0. The van der Waals surface area contributed by atoms with E-state index in [1.54, 1.807) is 6.07 Å². The lowest BCUT2D eigenvalue weighted by Gasteiger charge is -2.30. The number of sulfonamides is 1. The molecule has 1 amide bonds. The molecule has 2 atom stereocenters. The first-order valence-corrected chi connectivity index (χ1v) is 9.77. The van der Waals surface area contributed by atoms with Crippen molar-refractivity contribution in [2.45, 2.75) is 49.4 Å². The van der Waals surface area contributed by atoms with Crippen LogP contribution in [0.4, 0.5) is 0 Å². The van der Waals surface area contributed by atoms with Gasteiger partial charge in [-0.3, -0.25) is 4.79 Å². The molecule has 6 nitrogen and oxygen atoms in total. The summed E-state index contributed by atoms with van der Waals surface area (Å²) >= 11 is 1.26. The van der Waals surface area contributed by atoms with Gasteiger partial charge < -0.3 is 10.6 Å². The molecule has 1 saturated heterocycles. The molecule has 132 valence electrons. The Kier molecular flexibility index (Phi) is 7.96. The van der Waals surface area contributed by atoms with E-state index in [4.69, 9.17) is 0 Å². The van der Waals surface area contributed by atoms with Gasteiger partial charge in [0.15, 0.2) is 0 Å². The van der Waals surface area contributed by atoms with Gasteiger partial charge in [-0.2, -0.15) is 0 Å². The van der Waals surface area contributed by atoms with Crippen molar-refractivity contribution in [1.29, 1.82) is 0 Å². The second kappa shape index (κ2) is 8.98. The van der Waals surface area contributed by atoms with Crippen molar-refractivity contribution in [3.8, 4) is 0 Å². The van der Waals surface area contributed by atoms with E-state index >= 15 is 0 Å². The average Bonchev–Trinajstić information content (AvgIpc) is 2.90. The van der Waals surface area contributed by atoms with Crippen molar-refractivity contribution >= 4 is 39.7 Å². The Balaban J connectivity index is 0.00000264. The van der Waals surface area contributed by atoms with Crippen LogP contribution in [0.3, 0.4) is 0 Å². The molecule has 0 aliphatic carbocycles. The van der Waals surface area contributed by atoms with Gasteiger partial charge in [-0.1, -0.05) is 0 Å². The standard InChI is InChI=1S/C14H23N3O3S2.ClH/c1-10-13(4-3-8-15-10)17-22(19,20)14-6-5-12(21-14)7-9-16-11(2)18;/h5-6,10,13,15,17H,3-4,7-9H2,1-2H3,(H,16,18);1H. The van der Waals surface area contributed by atoms with E-state index in [2.05, 4.69) is 15.4 Å². The number of carbonyl (C=O) groups excluding carboxylic acids is 1. The van der Waals surface area contributed by atoms with Crippen LogP contribution in [-0.4, -0.2) is 39.5 Å². The molecule has 1 aliphatic rings. The van der Waals surface area contributed by atoms with Crippen LogP contribution in [0.15, 0.2) is 16.3 Å². The summed E-state index contributed by atoms with van der Waals surface area (Å²) in [5, 5.41) is 5.99. The lowest BCUT2D eigenvalue weighted by atomic mass is 10.0. The summed E-state index contributed by atoms with van der Waals surface area (Å²) in [5.74, 6) is -0.0788. The fourth-order valence-corrected chi connectivity index (χ4v) is 5.18. The Morgan fingerprint density at radius 1 is 1.43 bits per heavy atom. The maximum atomic E-state index is 12.4. The summed E-state index contributed by atoms with van der Waals surface area (Å²) in [6.07, 6.45) is 2.47. The average molecular weight is 382 g/mol. The second-order valence-electron chi connectivity index (χ2n) is 5.57. The van der Waals surface area contributed by atoms with Crippen LogP contribution >= 0.6 is 23.7 Å². The Morgan fingerprint density at radius 2 is 2.17 bits per heavy atom. The largest absolute Gasteiger partial charge is 0.356 e. The smallest absolute Gasteiger partial charge is 0.250 e. The fraction of sp³-hybridized carbons (Fsp3) is 0.643. The molecule has 0 aromatic carbocycles. The zero-order valence-corrected chi connectivity index (χ0v) is 15.7. The van der Waals surface area contributed by atoms with Crippen LogP contribution in [0.25, 0.3) is 0 Å². The zero-order valence-electron chi connectivity index (χ0n) is 13.3. The zero-order chi connectivity index (χ0) is 16.2. The number of carbonyl (C=O) groups is 1. The molecule has 1 aromatic rings. The Morgan fingerprint density at radius 3 is 2.83 bits per heavy atom. The quantitative estimate of drug-likeness (QED) is 0.692. The van der Waals surface area contributed by atoms with Gasteiger partial charge in [-0.25, -0.2) is 13.1 Å². The maximum absolute atomic E-state index is 12.4. The summed E-state index contributed by atoms with van der Waals surface area (Å²) in [7, 11) is -3.47. The van der Waals surface area contributed by atoms with E-state index in [0.717, 1.165) is 24.3 Å². The summed E-state index contributed by atoms with van der Waals surface area (Å²) in [6.45, 7) is 4.92. The van der Waals surface area contributed by atoms with Gasteiger partial charge in [0, 0.05) is 30.4 Å². The van der Waals surface area contributed by atoms with E-state index in [1.165, 1.54) is 18.3 Å². The number of hydrogen-bond donors (Lipinski definition) is 3. The molecular formula is C14H24ClN3O3S2. The highest BCUT2D eigenvalue weighted by molar-refractivity contribution is 7.91. The first kappa shape index (κ1) is 20.4. The highest BCUT2D eigenvalue weighted by atomic mass is 35.5. The van der Waals surface area contributed by atoms with Crippen molar-refractivity contribution in [3.05, 3.63) is 17.0 Å². The molecule has 0 saturated carbocycles. The van der Waals surface area contributed by atoms with Crippen LogP contribution < -0.4 is 15.4 Å². The lowest BCUT2D eigenvalue weighted by molar-refractivity contribution is -0.118. The summed E-state index contributed by atoms with van der Waals surface area (Å²) in [5.41, 5.74) is 0. The second-order valence-corrected chi connectivity index (χ2v) is 8.68. The molecule has 2 unspecified atom stereocenters. The third-order valence-corrected chi connectivity index (χ3v) is 6.84. The van der Waals surface area contributed by atoms with Gasteiger partial charge in [0.05, 0.1) is 0 Å². The molecule has 1 aliphatic heterocycles. The number of halogens is 1. The molecule has 9 heteroatoms. The molecule has 3 N–H and O–H groups in total. The molecule has 1 fully saturated rings. The first-order chi connectivity index (χ1) is 10.4. The highest BCUT2D eigenvalue weighted by Gasteiger charge is 2.27. The van der Waals surface area contributed by atoms with Crippen molar-refractivity contribution < 1.29 is 13.2 Å². The summed E-state index contributed by atoms with van der Waals surface area (Å²) < 4.78 is 28.0. The monoisotopic (exact) mass is 381 g/mol. The molecule has 2 heterocycles. The Bertz CT molecular complexity index is 619. The number of thiophene rings is 1. The lowest BCUT2D eigenvalue weighted by Crippen LogP contribution is -2.51. The summed E-state index contributed by atoms with van der Waals surface area (Å²) in [4.78, 5) is 11.8. The third kappa shape index (κ3) is 6.04. The van der Waals surface area contributed by atoms with Crippen LogP contribution in [0.1, 0.15) is 31.6 Å². The van der Waals surface area contributed by atoms with Crippen molar-refractivity contribution in [2.75, 3.05) is 13.1 Å². The minimum atomic E-state index is -3.47. The Labute approximate surface area is 147 Å². The molecule has 0 radical (unpaired) electrons.